The molecular formula is C14H20FN3O2. The Kier molecular flexibility index (Phi) is 4.20. The van der Waals surface area contributed by atoms with E-state index < -0.39 is 11.4 Å². The highest BCUT2D eigenvalue weighted by Crippen LogP contribution is 2.21. The number of hydrogen-bond acceptors (Lipinski definition) is 4. The Morgan fingerprint density at radius 1 is 1.45 bits per heavy atom. The van der Waals surface area contributed by atoms with E-state index in [0.717, 1.165) is 6.42 Å². The maximum atomic E-state index is 12.7. The van der Waals surface area contributed by atoms with Crippen molar-refractivity contribution in [1.29, 1.82) is 0 Å². The Labute approximate surface area is 118 Å². The second kappa shape index (κ2) is 5.73. The number of aromatic nitrogens is 2. The van der Waals surface area contributed by atoms with Gasteiger partial charge in [-0.25, -0.2) is 19.2 Å². The Hall–Kier alpha value is -1.72. The molecule has 0 bridgehead atoms. The Balaban J connectivity index is 1.86. The Bertz CT molecular complexity index is 470. The van der Waals surface area contributed by atoms with Gasteiger partial charge in [-0.15, -0.1) is 0 Å². The molecule has 1 fully saturated rings. The number of halogens is 1. The smallest absolute Gasteiger partial charge is 0.410 e. The number of ether oxygens (including phenoxy) is 1. The van der Waals surface area contributed by atoms with E-state index in [2.05, 4.69) is 9.97 Å². The molecule has 1 aromatic heterocycles. The summed E-state index contributed by atoms with van der Waals surface area (Å²) in [5.74, 6) is 0.478. The first-order valence-corrected chi connectivity index (χ1v) is 6.78. The maximum absolute atomic E-state index is 12.7. The van der Waals surface area contributed by atoms with Crippen molar-refractivity contribution in [3.8, 4) is 0 Å². The van der Waals surface area contributed by atoms with Gasteiger partial charge in [0.25, 0.3) is 0 Å². The molecule has 2 heterocycles. The second-order valence-corrected chi connectivity index (χ2v) is 6.10. The molecule has 1 saturated heterocycles. The van der Waals surface area contributed by atoms with Crippen LogP contribution >= 0.6 is 0 Å². The summed E-state index contributed by atoms with van der Waals surface area (Å²) in [6, 6.07) is 0. The standard InChI is InChI=1S/C14H20FN3O2/c1-14(2,3)20-13(19)18-5-4-10(9-18)6-12-16-7-11(15)8-17-12/h7-8,10H,4-6,9H2,1-3H3/t10-/m0/s1. The molecule has 5 nitrogen and oxygen atoms in total. The highest BCUT2D eigenvalue weighted by atomic mass is 19.1. The summed E-state index contributed by atoms with van der Waals surface area (Å²) in [7, 11) is 0. The highest BCUT2D eigenvalue weighted by molar-refractivity contribution is 5.68. The molecule has 0 unspecified atom stereocenters. The molecule has 2 rings (SSSR count). The molecule has 1 atom stereocenters. The third-order valence-corrected chi connectivity index (χ3v) is 3.08. The van der Waals surface area contributed by atoms with Crippen molar-refractivity contribution in [3.63, 3.8) is 0 Å². The normalized spacial score (nSPS) is 19.2. The number of nitrogens with zero attached hydrogens (tertiary/aromatic N) is 3. The molecule has 1 aliphatic rings. The third-order valence-electron chi connectivity index (χ3n) is 3.08. The summed E-state index contributed by atoms with van der Waals surface area (Å²) < 4.78 is 18.1. The number of hydrogen-bond donors (Lipinski definition) is 0. The van der Waals surface area contributed by atoms with Gasteiger partial charge < -0.3 is 9.64 Å². The highest BCUT2D eigenvalue weighted by Gasteiger charge is 2.30. The molecule has 0 saturated carbocycles. The van der Waals surface area contributed by atoms with Gasteiger partial charge in [0.2, 0.25) is 0 Å². The van der Waals surface area contributed by atoms with Gasteiger partial charge in [-0.2, -0.15) is 0 Å². The third kappa shape index (κ3) is 4.15. The quantitative estimate of drug-likeness (QED) is 0.835. The van der Waals surface area contributed by atoms with E-state index in [1.165, 1.54) is 12.4 Å². The zero-order valence-electron chi connectivity index (χ0n) is 12.1. The van der Waals surface area contributed by atoms with Gasteiger partial charge in [-0.1, -0.05) is 0 Å². The van der Waals surface area contributed by atoms with E-state index in [-0.39, 0.29) is 6.09 Å². The van der Waals surface area contributed by atoms with E-state index in [4.69, 9.17) is 4.74 Å². The lowest BCUT2D eigenvalue weighted by Gasteiger charge is -2.24. The number of likely N-dealkylation sites (tertiary alicyclic amines) is 1. The SMILES string of the molecule is CC(C)(C)OC(=O)N1CC[C@@H](Cc2ncc(F)cn2)C1. The lowest BCUT2D eigenvalue weighted by Crippen LogP contribution is -2.35. The molecule has 20 heavy (non-hydrogen) atoms. The second-order valence-electron chi connectivity index (χ2n) is 6.10. The van der Waals surface area contributed by atoms with E-state index in [1.807, 2.05) is 20.8 Å². The predicted molar refractivity (Wildman–Crippen MR) is 71.6 cm³/mol. The van der Waals surface area contributed by atoms with Crippen LogP contribution in [0.4, 0.5) is 9.18 Å². The summed E-state index contributed by atoms with van der Waals surface area (Å²) in [5, 5.41) is 0. The van der Waals surface area contributed by atoms with Crippen LogP contribution in [0.15, 0.2) is 12.4 Å². The van der Waals surface area contributed by atoms with Crippen LogP contribution in [0.5, 0.6) is 0 Å². The maximum Gasteiger partial charge on any atom is 0.410 e. The number of carbonyl (C=O) groups excluding carboxylic acids is 1. The minimum Gasteiger partial charge on any atom is -0.444 e. The summed E-state index contributed by atoms with van der Waals surface area (Å²) in [4.78, 5) is 21.5. The summed E-state index contributed by atoms with van der Waals surface area (Å²) in [6.45, 7) is 6.87. The van der Waals surface area contributed by atoms with E-state index in [9.17, 15) is 9.18 Å². The van der Waals surface area contributed by atoms with Gasteiger partial charge in [-0.3, -0.25) is 0 Å². The first kappa shape index (κ1) is 14.7. The summed E-state index contributed by atoms with van der Waals surface area (Å²) in [6.07, 6.45) is 3.60. The lowest BCUT2D eigenvalue weighted by molar-refractivity contribution is 0.0288. The van der Waals surface area contributed by atoms with Crippen LogP contribution in [0.1, 0.15) is 33.0 Å². The van der Waals surface area contributed by atoms with Gasteiger partial charge >= 0.3 is 6.09 Å². The predicted octanol–water partition coefficient (Wildman–Crippen LogP) is 2.42. The van der Waals surface area contributed by atoms with Crippen molar-refractivity contribution < 1.29 is 13.9 Å². The number of rotatable bonds is 2. The molecule has 110 valence electrons. The topological polar surface area (TPSA) is 55.3 Å². The number of carbonyl (C=O) groups is 1. The van der Waals surface area contributed by atoms with Gasteiger partial charge in [0.15, 0.2) is 5.82 Å². The molecule has 6 heteroatoms. The average Bonchev–Trinajstić information content (AvgIpc) is 2.79. The molecule has 0 radical (unpaired) electrons. The van der Waals surface area contributed by atoms with Crippen LogP contribution in [0.2, 0.25) is 0 Å². The van der Waals surface area contributed by atoms with Crippen LogP contribution in [-0.2, 0) is 11.2 Å². The monoisotopic (exact) mass is 281 g/mol. The van der Waals surface area contributed by atoms with Gasteiger partial charge in [0.1, 0.15) is 11.4 Å². The first-order valence-electron chi connectivity index (χ1n) is 6.78. The van der Waals surface area contributed by atoms with Crippen molar-refractivity contribution in [2.45, 2.75) is 39.2 Å². The molecule has 1 aromatic rings. The molecular weight excluding hydrogens is 261 g/mol. The minimum atomic E-state index is -0.477. The Morgan fingerprint density at radius 2 is 2.10 bits per heavy atom. The fourth-order valence-electron chi connectivity index (χ4n) is 2.19. The van der Waals surface area contributed by atoms with Crippen LogP contribution in [0.3, 0.4) is 0 Å². The van der Waals surface area contributed by atoms with Crippen molar-refractivity contribution in [2.75, 3.05) is 13.1 Å². The minimum absolute atomic E-state index is 0.278. The van der Waals surface area contributed by atoms with Crippen LogP contribution in [0.25, 0.3) is 0 Å². The number of amides is 1. The van der Waals surface area contributed by atoms with Crippen LogP contribution in [-0.4, -0.2) is 39.7 Å². The van der Waals surface area contributed by atoms with Crippen molar-refractivity contribution in [3.05, 3.63) is 24.0 Å². The summed E-state index contributed by atoms with van der Waals surface area (Å²) in [5.41, 5.74) is -0.477. The van der Waals surface area contributed by atoms with Crippen molar-refractivity contribution >= 4 is 6.09 Å². The van der Waals surface area contributed by atoms with Gasteiger partial charge in [0.05, 0.1) is 12.4 Å². The fraction of sp³-hybridized carbons (Fsp3) is 0.643. The fourth-order valence-corrected chi connectivity index (χ4v) is 2.19. The van der Waals surface area contributed by atoms with E-state index in [0.29, 0.717) is 31.3 Å². The van der Waals surface area contributed by atoms with Gasteiger partial charge in [-0.05, 0) is 33.1 Å². The zero-order valence-corrected chi connectivity index (χ0v) is 12.1. The molecule has 0 aliphatic carbocycles. The van der Waals surface area contributed by atoms with E-state index in [1.54, 1.807) is 4.90 Å². The summed E-state index contributed by atoms with van der Waals surface area (Å²) >= 11 is 0. The van der Waals surface area contributed by atoms with Crippen LogP contribution in [0, 0.1) is 11.7 Å². The first-order chi connectivity index (χ1) is 9.33. The molecule has 0 N–H and O–H groups in total. The molecule has 1 aliphatic heterocycles. The average molecular weight is 281 g/mol. The Morgan fingerprint density at radius 3 is 2.70 bits per heavy atom. The van der Waals surface area contributed by atoms with Crippen LogP contribution < -0.4 is 0 Å². The van der Waals surface area contributed by atoms with Gasteiger partial charge in [0, 0.05) is 19.5 Å². The molecule has 0 spiro atoms. The van der Waals surface area contributed by atoms with Crippen molar-refractivity contribution in [1.82, 2.24) is 14.9 Å². The molecule has 0 aromatic carbocycles. The largest absolute Gasteiger partial charge is 0.444 e. The lowest BCUT2D eigenvalue weighted by atomic mass is 10.0. The van der Waals surface area contributed by atoms with Crippen molar-refractivity contribution in [2.24, 2.45) is 5.92 Å². The zero-order chi connectivity index (χ0) is 14.8. The van der Waals surface area contributed by atoms with E-state index >= 15 is 0 Å². The molecule has 1 amide bonds.